The van der Waals surface area contributed by atoms with Gasteiger partial charge in [0, 0.05) is 0 Å². The van der Waals surface area contributed by atoms with Gasteiger partial charge in [-0.2, -0.15) is 0 Å². The average molecular weight is 357 g/mol. The second kappa shape index (κ2) is 16.9. The molecule has 0 radical (unpaired) electrons. The number of carbonyl (C=O) groups is 1. The van der Waals surface area contributed by atoms with E-state index in [9.17, 15) is 9.90 Å². The Bertz CT molecular complexity index is 292. The number of carboxylic acids is 1. The summed E-state index contributed by atoms with van der Waals surface area (Å²) in [6.45, 7) is 10.2. The van der Waals surface area contributed by atoms with Gasteiger partial charge in [0.25, 0.3) is 0 Å². The van der Waals surface area contributed by atoms with Crippen LogP contribution in [0.25, 0.3) is 0 Å². The molecule has 0 spiro atoms. The van der Waals surface area contributed by atoms with Gasteiger partial charge in [0.05, 0.1) is 19.6 Å². The lowest BCUT2D eigenvalue weighted by Gasteiger charge is -2.38. The molecule has 0 saturated heterocycles. The molecule has 0 fully saturated rings. The maximum Gasteiger partial charge on any atom is 0.359 e. The Kier molecular flexibility index (Phi) is 16.5. The van der Waals surface area contributed by atoms with Crippen LogP contribution in [0.5, 0.6) is 0 Å². The number of unbranched alkanes of at least 4 members (excludes halogenated alkanes) is 11. The van der Waals surface area contributed by atoms with Crippen LogP contribution in [-0.4, -0.2) is 41.7 Å². The highest BCUT2D eigenvalue weighted by Crippen LogP contribution is 2.17. The molecule has 0 atom stereocenters. The van der Waals surface area contributed by atoms with Crippen molar-refractivity contribution >= 4 is 5.97 Å². The van der Waals surface area contributed by atoms with Crippen LogP contribution < -0.4 is 0 Å². The molecule has 25 heavy (non-hydrogen) atoms. The summed E-state index contributed by atoms with van der Waals surface area (Å²) in [6.07, 6.45) is 17.6. The maximum absolute atomic E-state index is 11.6. The molecule has 3 heteroatoms. The lowest BCUT2D eigenvalue weighted by molar-refractivity contribution is -0.922. The van der Waals surface area contributed by atoms with Crippen molar-refractivity contribution in [1.82, 2.24) is 0 Å². The van der Waals surface area contributed by atoms with Crippen LogP contribution in [0.4, 0.5) is 0 Å². The van der Waals surface area contributed by atoms with Crippen LogP contribution in [0.2, 0.25) is 0 Å². The third-order valence-corrected chi connectivity index (χ3v) is 5.43. The van der Waals surface area contributed by atoms with Gasteiger partial charge >= 0.3 is 5.97 Å². The summed E-state index contributed by atoms with van der Waals surface area (Å²) in [5, 5.41) is 9.51. The third kappa shape index (κ3) is 14.3. The molecule has 0 bridgehead atoms. The molecule has 0 aromatic rings. The summed E-state index contributed by atoms with van der Waals surface area (Å²) in [4.78, 5) is 11.6. The van der Waals surface area contributed by atoms with Gasteiger partial charge in [-0.25, -0.2) is 4.79 Å². The van der Waals surface area contributed by atoms with Crippen molar-refractivity contribution in [3.63, 3.8) is 0 Å². The molecule has 0 heterocycles. The molecule has 0 aliphatic carbocycles. The SMILES string of the molecule is CCCCCCCC[N+](CCCCCC)(CCCCCC)CC(=O)O. The van der Waals surface area contributed by atoms with E-state index in [1.807, 2.05) is 0 Å². The van der Waals surface area contributed by atoms with E-state index in [-0.39, 0.29) is 0 Å². The number of nitrogens with zero attached hydrogens (tertiary/aromatic N) is 1. The van der Waals surface area contributed by atoms with Gasteiger partial charge in [-0.3, -0.25) is 0 Å². The first-order chi connectivity index (χ1) is 12.1. The highest BCUT2D eigenvalue weighted by Gasteiger charge is 2.29. The zero-order chi connectivity index (χ0) is 18.8. The molecule has 0 aromatic heterocycles. The molecular weight excluding hydrogens is 310 g/mol. The van der Waals surface area contributed by atoms with Crippen molar-refractivity contribution in [2.24, 2.45) is 0 Å². The van der Waals surface area contributed by atoms with Crippen LogP contribution >= 0.6 is 0 Å². The minimum absolute atomic E-state index is 0.327. The molecule has 3 nitrogen and oxygen atoms in total. The van der Waals surface area contributed by atoms with Crippen molar-refractivity contribution < 1.29 is 14.4 Å². The summed E-state index contributed by atoms with van der Waals surface area (Å²) in [6, 6.07) is 0. The van der Waals surface area contributed by atoms with E-state index in [0.717, 1.165) is 24.1 Å². The predicted molar refractivity (Wildman–Crippen MR) is 109 cm³/mol. The molecule has 0 unspecified atom stereocenters. The molecule has 0 aliphatic rings. The van der Waals surface area contributed by atoms with Crippen molar-refractivity contribution in [3.8, 4) is 0 Å². The Labute approximate surface area is 157 Å². The minimum Gasteiger partial charge on any atom is -0.477 e. The zero-order valence-corrected chi connectivity index (χ0v) is 17.5. The first kappa shape index (κ1) is 24.4. The van der Waals surface area contributed by atoms with E-state index in [2.05, 4.69) is 20.8 Å². The largest absolute Gasteiger partial charge is 0.477 e. The lowest BCUT2D eigenvalue weighted by Crippen LogP contribution is -2.53. The number of carboxylic acid groups (broad SMARTS) is 1. The van der Waals surface area contributed by atoms with Crippen molar-refractivity contribution in [2.75, 3.05) is 26.2 Å². The standard InChI is InChI=1S/C22H45NO2/c1-4-7-10-13-14-17-20-23(21-22(24)25,18-15-11-8-5-2)19-16-12-9-6-3/h4-21H2,1-3H3/p+1. The molecule has 0 amide bonds. The first-order valence-corrected chi connectivity index (χ1v) is 11.2. The maximum atomic E-state index is 11.6. The Morgan fingerprint density at radius 3 is 1.28 bits per heavy atom. The summed E-state index contributed by atoms with van der Waals surface area (Å²) in [5.74, 6) is -0.614. The van der Waals surface area contributed by atoms with Crippen molar-refractivity contribution in [3.05, 3.63) is 0 Å². The fourth-order valence-corrected chi connectivity index (χ4v) is 3.84. The Hall–Kier alpha value is -0.570. The monoisotopic (exact) mass is 356 g/mol. The summed E-state index contributed by atoms with van der Waals surface area (Å²) in [7, 11) is 0. The molecule has 0 saturated carbocycles. The van der Waals surface area contributed by atoms with Gasteiger partial charge in [0.1, 0.15) is 0 Å². The van der Waals surface area contributed by atoms with Gasteiger partial charge in [-0.15, -0.1) is 0 Å². The quantitative estimate of drug-likeness (QED) is 0.214. The number of hydrogen-bond acceptors (Lipinski definition) is 1. The Morgan fingerprint density at radius 2 is 0.920 bits per heavy atom. The molecule has 0 aliphatic heterocycles. The molecule has 1 N–H and O–H groups in total. The predicted octanol–water partition coefficient (Wildman–Crippen LogP) is 6.41. The van der Waals surface area contributed by atoms with Gasteiger partial charge in [-0.05, 0) is 38.5 Å². The third-order valence-electron chi connectivity index (χ3n) is 5.43. The van der Waals surface area contributed by atoms with Crippen molar-refractivity contribution in [1.29, 1.82) is 0 Å². The second-order valence-electron chi connectivity index (χ2n) is 7.95. The molecular formula is C22H46NO2+. The van der Waals surface area contributed by atoms with E-state index in [0.29, 0.717) is 6.54 Å². The number of aliphatic carboxylic acids is 1. The zero-order valence-electron chi connectivity index (χ0n) is 17.5. The van der Waals surface area contributed by atoms with Crippen LogP contribution in [0, 0.1) is 0 Å². The van der Waals surface area contributed by atoms with E-state index < -0.39 is 5.97 Å². The smallest absolute Gasteiger partial charge is 0.359 e. The van der Waals surface area contributed by atoms with E-state index in [4.69, 9.17) is 0 Å². The van der Waals surface area contributed by atoms with E-state index in [1.165, 1.54) is 89.9 Å². The minimum atomic E-state index is -0.614. The first-order valence-electron chi connectivity index (χ1n) is 11.2. The average Bonchev–Trinajstić information content (AvgIpc) is 2.58. The van der Waals surface area contributed by atoms with Gasteiger partial charge < -0.3 is 9.59 Å². The number of quaternary nitrogens is 1. The highest BCUT2D eigenvalue weighted by atomic mass is 16.4. The van der Waals surface area contributed by atoms with Gasteiger partial charge in [-0.1, -0.05) is 72.1 Å². The van der Waals surface area contributed by atoms with Crippen LogP contribution in [0.1, 0.15) is 111 Å². The van der Waals surface area contributed by atoms with E-state index in [1.54, 1.807) is 0 Å². The molecule has 0 rings (SSSR count). The topological polar surface area (TPSA) is 37.3 Å². The van der Waals surface area contributed by atoms with Crippen LogP contribution in [-0.2, 0) is 4.79 Å². The fourth-order valence-electron chi connectivity index (χ4n) is 3.84. The molecule has 0 aromatic carbocycles. The number of rotatable bonds is 19. The molecule has 150 valence electrons. The van der Waals surface area contributed by atoms with Crippen LogP contribution in [0.3, 0.4) is 0 Å². The fraction of sp³-hybridized carbons (Fsp3) is 0.955. The number of hydrogen-bond donors (Lipinski definition) is 1. The van der Waals surface area contributed by atoms with E-state index >= 15 is 0 Å². The summed E-state index contributed by atoms with van der Waals surface area (Å²) in [5.41, 5.74) is 0. The van der Waals surface area contributed by atoms with Crippen molar-refractivity contribution in [2.45, 2.75) is 111 Å². The van der Waals surface area contributed by atoms with Crippen LogP contribution in [0.15, 0.2) is 0 Å². The van der Waals surface area contributed by atoms with Gasteiger partial charge in [0.15, 0.2) is 6.54 Å². The second-order valence-corrected chi connectivity index (χ2v) is 7.95. The Balaban J connectivity index is 4.57. The lowest BCUT2D eigenvalue weighted by atomic mass is 10.1. The highest BCUT2D eigenvalue weighted by molar-refractivity contribution is 5.67. The normalized spacial score (nSPS) is 11.8. The van der Waals surface area contributed by atoms with Gasteiger partial charge in [0.2, 0.25) is 0 Å². The summed E-state index contributed by atoms with van der Waals surface area (Å²) < 4.78 is 0.830. The Morgan fingerprint density at radius 1 is 0.600 bits per heavy atom. The summed E-state index contributed by atoms with van der Waals surface area (Å²) >= 11 is 0.